The summed E-state index contributed by atoms with van der Waals surface area (Å²) in [7, 11) is 0. The zero-order valence-electron chi connectivity index (χ0n) is 4.22. The normalized spacial score (nSPS) is 77.6. The summed E-state index contributed by atoms with van der Waals surface area (Å²) < 4.78 is 0. The third-order valence-corrected chi connectivity index (χ3v) is 3.13. The van der Waals surface area contributed by atoms with Crippen LogP contribution in [0, 0.1) is 23.2 Å². The van der Waals surface area contributed by atoms with Crippen LogP contribution in [0.3, 0.4) is 0 Å². The van der Waals surface area contributed by atoms with Gasteiger partial charge >= 0.3 is 0 Å². The van der Waals surface area contributed by atoms with Gasteiger partial charge in [0.05, 0.1) is 0 Å². The Kier molecular flexibility index (Phi) is 0.224. The maximum atomic E-state index is 5.39. The predicted molar refractivity (Wildman–Crippen MR) is 26.6 cm³/mol. The van der Waals surface area contributed by atoms with E-state index in [2.05, 4.69) is 0 Å². The second-order valence-electron chi connectivity index (χ2n) is 3.23. The van der Waals surface area contributed by atoms with E-state index < -0.39 is 0 Å². The Morgan fingerprint density at radius 1 is 1.29 bits per heavy atom. The topological polar surface area (TPSA) is 26.0 Å². The second kappa shape index (κ2) is 0.510. The number of rotatable bonds is 2. The van der Waals surface area contributed by atoms with Gasteiger partial charge in [0, 0.05) is 0 Å². The SMILES string of the molecule is NCCC12C3C1C32. The summed E-state index contributed by atoms with van der Waals surface area (Å²) in [4.78, 5) is 0. The Labute approximate surface area is 42.9 Å². The Balaban J connectivity index is 1.79. The molecular formula is C6H9N. The quantitative estimate of drug-likeness (QED) is 0.521. The highest BCUT2D eigenvalue weighted by Crippen LogP contribution is 3.10. The van der Waals surface area contributed by atoms with Crippen LogP contribution in [0.5, 0.6) is 0 Å². The van der Waals surface area contributed by atoms with E-state index >= 15 is 0 Å². The molecule has 4 saturated carbocycles. The van der Waals surface area contributed by atoms with Crippen molar-refractivity contribution in [3.05, 3.63) is 0 Å². The van der Waals surface area contributed by atoms with E-state index in [-0.39, 0.29) is 0 Å². The van der Waals surface area contributed by atoms with Crippen molar-refractivity contribution in [2.45, 2.75) is 6.42 Å². The minimum absolute atomic E-state index is 0.925. The summed E-state index contributed by atoms with van der Waals surface area (Å²) in [6.07, 6.45) is 1.34. The summed E-state index contributed by atoms with van der Waals surface area (Å²) in [6, 6.07) is 0. The molecule has 0 aromatic rings. The fourth-order valence-corrected chi connectivity index (χ4v) is 2.27. The van der Waals surface area contributed by atoms with E-state index in [0.29, 0.717) is 0 Å². The van der Waals surface area contributed by atoms with Crippen LogP contribution < -0.4 is 5.73 Å². The van der Waals surface area contributed by atoms with Gasteiger partial charge in [-0.05, 0) is 36.1 Å². The number of hydrogen-bond donors (Lipinski definition) is 1. The zero-order chi connectivity index (χ0) is 4.65. The van der Waals surface area contributed by atoms with Crippen LogP contribution in [-0.2, 0) is 0 Å². The van der Waals surface area contributed by atoms with Gasteiger partial charge in [0.15, 0.2) is 0 Å². The molecular weight excluding hydrogens is 86.1 g/mol. The van der Waals surface area contributed by atoms with Crippen molar-refractivity contribution in [1.82, 2.24) is 0 Å². The molecule has 0 spiro atoms. The van der Waals surface area contributed by atoms with Gasteiger partial charge < -0.3 is 5.73 Å². The average Bonchev–Trinajstić information content (AvgIpc) is 2.38. The Hall–Kier alpha value is -0.0400. The third kappa shape index (κ3) is 0.139. The van der Waals surface area contributed by atoms with Gasteiger partial charge in [-0.3, -0.25) is 0 Å². The molecule has 7 heavy (non-hydrogen) atoms. The van der Waals surface area contributed by atoms with Crippen LogP contribution in [0.15, 0.2) is 0 Å². The molecule has 0 amide bonds. The van der Waals surface area contributed by atoms with Crippen molar-refractivity contribution in [3.63, 3.8) is 0 Å². The first-order chi connectivity index (χ1) is 3.43. The molecule has 4 aliphatic carbocycles. The van der Waals surface area contributed by atoms with Crippen LogP contribution in [0.2, 0.25) is 0 Å². The van der Waals surface area contributed by atoms with E-state index in [9.17, 15) is 0 Å². The lowest BCUT2D eigenvalue weighted by atomic mass is 10.3. The van der Waals surface area contributed by atoms with E-state index in [1.165, 1.54) is 24.2 Å². The zero-order valence-corrected chi connectivity index (χ0v) is 4.22. The first-order valence-corrected chi connectivity index (χ1v) is 3.13. The Morgan fingerprint density at radius 3 is 2.00 bits per heavy atom. The van der Waals surface area contributed by atoms with Crippen LogP contribution in [0.1, 0.15) is 6.42 Å². The van der Waals surface area contributed by atoms with Crippen molar-refractivity contribution >= 4 is 0 Å². The molecule has 4 aliphatic rings. The van der Waals surface area contributed by atoms with Crippen molar-refractivity contribution < 1.29 is 0 Å². The molecule has 0 bridgehead atoms. The van der Waals surface area contributed by atoms with Crippen molar-refractivity contribution in [1.29, 1.82) is 0 Å². The van der Waals surface area contributed by atoms with Crippen molar-refractivity contribution in [2.75, 3.05) is 6.54 Å². The molecule has 1 heteroatoms. The summed E-state index contributed by atoms with van der Waals surface area (Å²) in [5.41, 5.74) is 6.32. The molecule has 0 aliphatic heterocycles. The van der Waals surface area contributed by atoms with E-state index in [1.54, 1.807) is 0 Å². The molecule has 0 radical (unpaired) electrons. The fourth-order valence-electron chi connectivity index (χ4n) is 2.27. The summed E-state index contributed by atoms with van der Waals surface area (Å²) in [5.74, 6) is 3.66. The maximum Gasteiger partial charge on any atom is -0.00717 e. The first-order valence-electron chi connectivity index (χ1n) is 3.13. The van der Waals surface area contributed by atoms with E-state index in [4.69, 9.17) is 5.73 Å². The van der Waals surface area contributed by atoms with Crippen molar-refractivity contribution in [3.8, 4) is 0 Å². The monoisotopic (exact) mass is 95.1 g/mol. The molecule has 0 saturated heterocycles. The standard InChI is InChI=1S/C6H9N/c7-2-1-6-3-4(6)5(3)6/h3-5H,1-2,7H2. The van der Waals surface area contributed by atoms with Crippen LogP contribution >= 0.6 is 0 Å². The van der Waals surface area contributed by atoms with Gasteiger partial charge in [0.25, 0.3) is 0 Å². The largest absolute Gasteiger partial charge is 0.330 e. The fraction of sp³-hybridized carbons (Fsp3) is 1.00. The first kappa shape index (κ1) is 3.08. The van der Waals surface area contributed by atoms with Gasteiger partial charge in [-0.25, -0.2) is 0 Å². The summed E-state index contributed by atoms with van der Waals surface area (Å²) in [5, 5.41) is 0. The Morgan fingerprint density at radius 2 is 1.86 bits per heavy atom. The lowest BCUT2D eigenvalue weighted by Gasteiger charge is -1.84. The third-order valence-electron chi connectivity index (χ3n) is 3.13. The molecule has 0 aromatic heterocycles. The minimum Gasteiger partial charge on any atom is -0.330 e. The predicted octanol–water partition coefficient (Wildman–Crippen LogP) is 0.211. The van der Waals surface area contributed by atoms with Gasteiger partial charge in [-0.1, -0.05) is 0 Å². The molecule has 1 nitrogen and oxygen atoms in total. The molecule has 0 aromatic carbocycles. The van der Waals surface area contributed by atoms with Crippen LogP contribution in [0.25, 0.3) is 0 Å². The minimum atomic E-state index is 0.925. The van der Waals surface area contributed by atoms with E-state index in [1.807, 2.05) is 0 Å². The van der Waals surface area contributed by atoms with Gasteiger partial charge in [-0.2, -0.15) is 0 Å². The van der Waals surface area contributed by atoms with E-state index in [0.717, 1.165) is 12.0 Å². The highest BCUT2D eigenvalue weighted by molar-refractivity contribution is 5.54. The lowest BCUT2D eigenvalue weighted by molar-refractivity contribution is 0.707. The van der Waals surface area contributed by atoms with Gasteiger partial charge in [0.2, 0.25) is 0 Å². The average molecular weight is 95.1 g/mol. The summed E-state index contributed by atoms with van der Waals surface area (Å²) >= 11 is 0. The highest BCUT2D eigenvalue weighted by Gasteiger charge is 3.07. The van der Waals surface area contributed by atoms with Gasteiger partial charge in [0.1, 0.15) is 0 Å². The Bertz CT molecular complexity index is 113. The number of nitrogens with two attached hydrogens (primary N) is 1. The molecule has 38 valence electrons. The van der Waals surface area contributed by atoms with Crippen LogP contribution in [0.4, 0.5) is 0 Å². The second-order valence-corrected chi connectivity index (χ2v) is 3.23. The van der Waals surface area contributed by atoms with Crippen LogP contribution in [-0.4, -0.2) is 6.54 Å². The smallest absolute Gasteiger partial charge is 0.00717 e. The van der Waals surface area contributed by atoms with Gasteiger partial charge in [-0.15, -0.1) is 0 Å². The maximum absolute atomic E-state index is 5.39. The molecule has 4 rings (SSSR count). The molecule has 2 N–H and O–H groups in total. The van der Waals surface area contributed by atoms with Crippen molar-refractivity contribution in [2.24, 2.45) is 28.9 Å². The molecule has 0 unspecified atom stereocenters. The molecule has 0 atom stereocenters. The highest BCUT2D eigenvalue weighted by atomic mass is 15.1. The summed E-state index contributed by atoms with van der Waals surface area (Å²) in [6.45, 7) is 0.934. The lowest BCUT2D eigenvalue weighted by Crippen LogP contribution is -1.99. The number of hydrogen-bond acceptors (Lipinski definition) is 1. The molecule has 0 heterocycles. The molecule has 4 fully saturated rings.